The molecule has 2 nitrogen and oxygen atoms in total. The molecule has 49 heavy (non-hydrogen) atoms. The summed E-state index contributed by atoms with van der Waals surface area (Å²) in [7, 11) is 0. The van der Waals surface area contributed by atoms with Gasteiger partial charge in [-0.25, -0.2) is 0 Å². The number of nitrogens with zero attached hydrogens (tertiary/aromatic N) is 2. The Hall–Kier alpha value is -6.38. The summed E-state index contributed by atoms with van der Waals surface area (Å²) in [6.07, 6.45) is 0. The second-order valence-corrected chi connectivity index (χ2v) is 12.3. The molecule has 0 saturated heterocycles. The van der Waals surface area contributed by atoms with E-state index in [2.05, 4.69) is 217 Å². The molecule has 234 valence electrons. The van der Waals surface area contributed by atoms with Crippen LogP contribution in [0.2, 0.25) is 0 Å². The molecule has 0 unspecified atom stereocenters. The molecule has 0 atom stereocenters. The number of hydrogen-bond donors (Lipinski definition) is 0. The Morgan fingerprint density at radius 2 is 0.694 bits per heavy atom. The van der Waals surface area contributed by atoms with Gasteiger partial charge in [-0.2, -0.15) is 0 Å². The van der Waals surface area contributed by atoms with Gasteiger partial charge in [-0.05, 0) is 107 Å². The van der Waals surface area contributed by atoms with Crippen LogP contribution in [0, 0.1) is 6.92 Å². The van der Waals surface area contributed by atoms with Crippen LogP contribution in [0.3, 0.4) is 0 Å². The molecule has 0 N–H and O–H groups in total. The Kier molecular flexibility index (Phi) is 8.19. The first kappa shape index (κ1) is 30.0. The van der Waals surface area contributed by atoms with Gasteiger partial charge in [0.25, 0.3) is 0 Å². The highest BCUT2D eigenvalue weighted by Gasteiger charge is 2.25. The van der Waals surface area contributed by atoms with E-state index in [1.807, 2.05) is 0 Å². The lowest BCUT2D eigenvalue weighted by atomic mass is 9.94. The summed E-state index contributed by atoms with van der Waals surface area (Å²) in [5, 5.41) is 2.43. The number of para-hydroxylation sites is 3. The highest BCUT2D eigenvalue weighted by atomic mass is 15.2. The number of fused-ring (bicyclic) bond motifs is 1. The van der Waals surface area contributed by atoms with Crippen molar-refractivity contribution in [3.63, 3.8) is 0 Å². The minimum atomic E-state index is 1.09. The largest absolute Gasteiger partial charge is 0.310 e. The minimum Gasteiger partial charge on any atom is -0.310 e. The van der Waals surface area contributed by atoms with Crippen molar-refractivity contribution in [3.8, 4) is 22.3 Å². The van der Waals surface area contributed by atoms with Crippen LogP contribution in [0.25, 0.3) is 33.0 Å². The number of anilines is 6. The third-order valence-electron chi connectivity index (χ3n) is 9.04. The van der Waals surface area contributed by atoms with Crippen LogP contribution in [-0.2, 0) is 0 Å². The predicted molar refractivity (Wildman–Crippen MR) is 209 cm³/mol. The molecule has 0 aliphatic heterocycles. The lowest BCUT2D eigenvalue weighted by molar-refractivity contribution is 1.24. The van der Waals surface area contributed by atoms with E-state index in [4.69, 9.17) is 0 Å². The summed E-state index contributed by atoms with van der Waals surface area (Å²) in [4.78, 5) is 4.80. The molecule has 2 heteroatoms. The first-order valence-corrected chi connectivity index (χ1v) is 16.8. The third-order valence-corrected chi connectivity index (χ3v) is 9.04. The zero-order valence-corrected chi connectivity index (χ0v) is 27.4. The van der Waals surface area contributed by atoms with Gasteiger partial charge in [-0.15, -0.1) is 0 Å². The number of hydrogen-bond acceptors (Lipinski definition) is 2. The highest BCUT2D eigenvalue weighted by Crippen LogP contribution is 2.50. The van der Waals surface area contributed by atoms with E-state index in [1.54, 1.807) is 0 Å². The van der Waals surface area contributed by atoms with E-state index < -0.39 is 0 Å². The van der Waals surface area contributed by atoms with Crippen LogP contribution in [-0.4, -0.2) is 0 Å². The van der Waals surface area contributed by atoms with E-state index in [0.717, 1.165) is 45.3 Å². The van der Waals surface area contributed by atoms with E-state index in [9.17, 15) is 0 Å². The number of rotatable bonds is 8. The lowest BCUT2D eigenvalue weighted by Crippen LogP contribution is -2.16. The molecule has 8 aromatic rings. The van der Waals surface area contributed by atoms with Gasteiger partial charge in [0.2, 0.25) is 0 Å². The van der Waals surface area contributed by atoms with Crippen molar-refractivity contribution in [2.45, 2.75) is 6.92 Å². The monoisotopic (exact) mass is 628 g/mol. The maximum Gasteiger partial charge on any atom is 0.0563 e. The van der Waals surface area contributed by atoms with Gasteiger partial charge in [0.15, 0.2) is 0 Å². The second-order valence-electron chi connectivity index (χ2n) is 12.3. The number of aryl methyl sites for hydroxylation is 1. The zero-order chi connectivity index (χ0) is 33.0. The van der Waals surface area contributed by atoms with Gasteiger partial charge < -0.3 is 9.80 Å². The smallest absolute Gasteiger partial charge is 0.0563 e. The van der Waals surface area contributed by atoms with Crippen molar-refractivity contribution in [1.82, 2.24) is 0 Å². The Morgan fingerprint density at radius 3 is 1.20 bits per heavy atom. The Morgan fingerprint density at radius 1 is 0.306 bits per heavy atom. The molecular weight excluding hydrogens is 593 g/mol. The maximum atomic E-state index is 2.41. The molecule has 0 spiro atoms. The van der Waals surface area contributed by atoms with Crippen molar-refractivity contribution in [3.05, 3.63) is 206 Å². The van der Waals surface area contributed by atoms with Crippen LogP contribution >= 0.6 is 0 Å². The quantitative estimate of drug-likeness (QED) is 0.165. The molecule has 0 heterocycles. The zero-order valence-electron chi connectivity index (χ0n) is 27.4. The molecule has 0 amide bonds. The summed E-state index contributed by atoms with van der Waals surface area (Å²) in [6.45, 7) is 2.20. The normalized spacial score (nSPS) is 11.0. The fourth-order valence-electron chi connectivity index (χ4n) is 6.76. The van der Waals surface area contributed by atoms with Gasteiger partial charge >= 0.3 is 0 Å². The van der Waals surface area contributed by atoms with Crippen molar-refractivity contribution in [2.75, 3.05) is 9.80 Å². The minimum absolute atomic E-state index is 1.09. The SMILES string of the molecule is Cc1cc(N(c2ccccc2)c2ccccc2)c(-c2ccc3ccccc3c2)c(N(c2ccccc2)c2ccc(-c3ccccc3)cc2)c1. The molecule has 0 radical (unpaired) electrons. The maximum absolute atomic E-state index is 2.41. The Balaban J connectivity index is 1.43. The van der Waals surface area contributed by atoms with Crippen LogP contribution in [0.5, 0.6) is 0 Å². The molecule has 8 rings (SSSR count). The van der Waals surface area contributed by atoms with Crippen molar-refractivity contribution in [1.29, 1.82) is 0 Å². The molecule has 0 aromatic heterocycles. The van der Waals surface area contributed by atoms with Crippen LogP contribution in [0.4, 0.5) is 34.1 Å². The van der Waals surface area contributed by atoms with Gasteiger partial charge in [-0.3, -0.25) is 0 Å². The van der Waals surface area contributed by atoms with Crippen LogP contribution < -0.4 is 9.80 Å². The average molecular weight is 629 g/mol. The molecule has 0 aliphatic carbocycles. The van der Waals surface area contributed by atoms with Gasteiger partial charge in [0, 0.05) is 28.3 Å². The molecular formula is C47H36N2. The summed E-state index contributed by atoms with van der Waals surface area (Å²) in [5.41, 5.74) is 12.5. The van der Waals surface area contributed by atoms with E-state index in [1.165, 1.54) is 27.5 Å². The van der Waals surface area contributed by atoms with E-state index in [-0.39, 0.29) is 0 Å². The summed E-state index contributed by atoms with van der Waals surface area (Å²) in [5.74, 6) is 0. The van der Waals surface area contributed by atoms with Crippen molar-refractivity contribution in [2.24, 2.45) is 0 Å². The second kappa shape index (κ2) is 13.4. The van der Waals surface area contributed by atoms with Crippen molar-refractivity contribution >= 4 is 44.9 Å². The molecule has 0 saturated carbocycles. The lowest BCUT2D eigenvalue weighted by Gasteiger charge is -2.33. The van der Waals surface area contributed by atoms with E-state index >= 15 is 0 Å². The summed E-state index contributed by atoms with van der Waals surface area (Å²) >= 11 is 0. The highest BCUT2D eigenvalue weighted by molar-refractivity contribution is 6.01. The standard InChI is InChI=1S/C47H36N2/c1-35-32-45(48(41-20-8-3-9-21-41)42-22-10-4-11-23-42)47(40-27-26-37-18-14-15-19-39(37)34-40)46(33-35)49(43-24-12-5-13-25-43)44-30-28-38(29-31-44)36-16-6-2-7-17-36/h2-34H,1H3. The molecule has 0 aliphatic rings. The molecule has 0 bridgehead atoms. The fourth-order valence-corrected chi connectivity index (χ4v) is 6.76. The third kappa shape index (κ3) is 6.08. The Bertz CT molecular complexity index is 2280. The fraction of sp³-hybridized carbons (Fsp3) is 0.0213. The summed E-state index contributed by atoms with van der Waals surface area (Å²) < 4.78 is 0. The first-order valence-electron chi connectivity index (χ1n) is 16.8. The van der Waals surface area contributed by atoms with Crippen LogP contribution in [0.15, 0.2) is 200 Å². The van der Waals surface area contributed by atoms with Gasteiger partial charge in [0.05, 0.1) is 11.4 Å². The first-order chi connectivity index (χ1) is 24.2. The van der Waals surface area contributed by atoms with Gasteiger partial charge in [0.1, 0.15) is 0 Å². The van der Waals surface area contributed by atoms with Crippen LogP contribution in [0.1, 0.15) is 5.56 Å². The van der Waals surface area contributed by atoms with Gasteiger partial charge in [-0.1, -0.05) is 133 Å². The number of benzene rings is 8. The Labute approximate surface area is 288 Å². The molecule has 0 fully saturated rings. The summed E-state index contributed by atoms with van der Waals surface area (Å²) in [6, 6.07) is 71.7. The topological polar surface area (TPSA) is 6.48 Å². The molecule has 8 aromatic carbocycles. The predicted octanol–water partition coefficient (Wildman–Crippen LogP) is 13.4. The van der Waals surface area contributed by atoms with E-state index in [0.29, 0.717) is 0 Å². The average Bonchev–Trinajstić information content (AvgIpc) is 3.17. The van der Waals surface area contributed by atoms with Crippen molar-refractivity contribution < 1.29 is 0 Å².